The Morgan fingerprint density at radius 2 is 1.77 bits per heavy atom. The zero-order valence-corrected chi connectivity index (χ0v) is 8.38. The summed E-state index contributed by atoms with van der Waals surface area (Å²) < 4.78 is 10.7. The van der Waals surface area contributed by atoms with Gasteiger partial charge in [-0.2, -0.15) is 0 Å². The lowest BCUT2D eigenvalue weighted by Crippen LogP contribution is -2.20. The summed E-state index contributed by atoms with van der Waals surface area (Å²) in [6, 6.07) is 0. The van der Waals surface area contributed by atoms with Crippen LogP contribution in [0.5, 0.6) is 0 Å². The number of aldehydes is 1. The van der Waals surface area contributed by atoms with Crippen LogP contribution in [0.1, 0.15) is 27.7 Å². The predicted octanol–water partition coefficient (Wildman–Crippen LogP) is 2.15. The van der Waals surface area contributed by atoms with Gasteiger partial charge in [0.15, 0.2) is 12.0 Å². The first kappa shape index (κ1) is 9.84. The van der Waals surface area contributed by atoms with E-state index in [-0.39, 0.29) is 5.76 Å². The molecule has 0 spiro atoms. The van der Waals surface area contributed by atoms with Crippen LogP contribution in [0.2, 0.25) is 0 Å². The van der Waals surface area contributed by atoms with Gasteiger partial charge in [0, 0.05) is 13.8 Å². The van der Waals surface area contributed by atoms with Crippen molar-refractivity contribution in [1.82, 2.24) is 0 Å². The second-order valence-corrected chi connectivity index (χ2v) is 3.67. The third kappa shape index (κ3) is 2.34. The van der Waals surface area contributed by atoms with E-state index in [1.165, 1.54) is 0 Å². The van der Waals surface area contributed by atoms with E-state index in [0.29, 0.717) is 12.0 Å². The van der Waals surface area contributed by atoms with Crippen molar-refractivity contribution in [3.05, 3.63) is 23.2 Å². The van der Waals surface area contributed by atoms with Crippen LogP contribution in [0.15, 0.2) is 23.2 Å². The molecule has 0 atom stereocenters. The molecule has 1 rings (SSSR count). The summed E-state index contributed by atoms with van der Waals surface area (Å²) in [6.45, 7) is 7.40. The molecule has 1 heterocycles. The van der Waals surface area contributed by atoms with Crippen LogP contribution in [0.25, 0.3) is 0 Å². The lowest BCUT2D eigenvalue weighted by atomic mass is 10.3. The van der Waals surface area contributed by atoms with Gasteiger partial charge in [-0.25, -0.2) is 0 Å². The minimum Gasteiger partial charge on any atom is -0.449 e. The van der Waals surface area contributed by atoms with E-state index in [2.05, 4.69) is 0 Å². The van der Waals surface area contributed by atoms with Gasteiger partial charge in [-0.05, 0) is 19.9 Å². The summed E-state index contributed by atoms with van der Waals surface area (Å²) in [5.41, 5.74) is 1.07. The van der Waals surface area contributed by atoms with Crippen molar-refractivity contribution in [2.45, 2.75) is 33.5 Å². The molecular formula is C10H14O3. The maximum Gasteiger partial charge on any atom is 0.246 e. The topological polar surface area (TPSA) is 35.5 Å². The maximum atomic E-state index is 10.6. The molecule has 1 aliphatic heterocycles. The number of ether oxygens (including phenoxy) is 2. The lowest BCUT2D eigenvalue weighted by Gasteiger charge is -2.17. The highest BCUT2D eigenvalue weighted by Gasteiger charge is 2.32. The number of carbonyl (C=O) groups is 1. The van der Waals surface area contributed by atoms with Gasteiger partial charge in [0.2, 0.25) is 11.5 Å². The second-order valence-electron chi connectivity index (χ2n) is 3.67. The molecule has 0 aromatic carbocycles. The summed E-state index contributed by atoms with van der Waals surface area (Å²) in [4.78, 5) is 10.6. The molecule has 0 unspecified atom stereocenters. The summed E-state index contributed by atoms with van der Waals surface area (Å²) in [5, 5.41) is 0. The van der Waals surface area contributed by atoms with E-state index in [9.17, 15) is 4.79 Å². The van der Waals surface area contributed by atoms with E-state index < -0.39 is 5.79 Å². The Hall–Kier alpha value is -1.25. The van der Waals surface area contributed by atoms with Crippen LogP contribution < -0.4 is 0 Å². The van der Waals surface area contributed by atoms with Crippen LogP contribution in [0.3, 0.4) is 0 Å². The molecule has 0 amide bonds. The minimum absolute atomic E-state index is 0.270. The predicted molar refractivity (Wildman–Crippen MR) is 48.8 cm³/mol. The molecule has 0 N–H and O–H groups in total. The second kappa shape index (κ2) is 3.24. The molecule has 0 bridgehead atoms. The molecule has 0 saturated carbocycles. The summed E-state index contributed by atoms with van der Waals surface area (Å²) in [6.07, 6.45) is 2.46. The zero-order chi connectivity index (χ0) is 10.1. The number of carbonyl (C=O) groups excluding carboxylic acids is 1. The highest BCUT2D eigenvalue weighted by atomic mass is 16.7. The van der Waals surface area contributed by atoms with Gasteiger partial charge in [0.1, 0.15) is 0 Å². The quantitative estimate of drug-likeness (QED) is 0.614. The van der Waals surface area contributed by atoms with Crippen molar-refractivity contribution < 1.29 is 14.3 Å². The lowest BCUT2D eigenvalue weighted by molar-refractivity contribution is -0.130. The molecule has 3 heteroatoms. The fourth-order valence-electron chi connectivity index (χ4n) is 1.10. The molecule has 0 fully saturated rings. The number of allylic oxidation sites excluding steroid dienone is 3. The van der Waals surface area contributed by atoms with E-state index >= 15 is 0 Å². The van der Waals surface area contributed by atoms with Gasteiger partial charge >= 0.3 is 0 Å². The van der Waals surface area contributed by atoms with Crippen LogP contribution in [0.4, 0.5) is 0 Å². The zero-order valence-electron chi connectivity index (χ0n) is 8.38. The van der Waals surface area contributed by atoms with Crippen LogP contribution in [0, 0.1) is 0 Å². The van der Waals surface area contributed by atoms with Crippen molar-refractivity contribution >= 4 is 6.29 Å². The average Bonchev–Trinajstić information content (AvgIpc) is 2.24. The highest BCUT2D eigenvalue weighted by molar-refractivity contribution is 5.72. The first-order chi connectivity index (χ1) is 5.94. The van der Waals surface area contributed by atoms with E-state index in [1.807, 2.05) is 13.8 Å². The number of rotatable bonds is 2. The molecule has 0 saturated heterocycles. The fourth-order valence-corrected chi connectivity index (χ4v) is 1.10. The molecule has 0 aliphatic carbocycles. The van der Waals surface area contributed by atoms with Crippen molar-refractivity contribution in [2.75, 3.05) is 0 Å². The average molecular weight is 182 g/mol. The van der Waals surface area contributed by atoms with Gasteiger partial charge in [0.25, 0.3) is 0 Å². The first-order valence-corrected chi connectivity index (χ1v) is 4.17. The number of hydrogen-bond acceptors (Lipinski definition) is 3. The molecule has 0 aromatic rings. The van der Waals surface area contributed by atoms with E-state index in [1.54, 1.807) is 19.9 Å². The third-order valence-corrected chi connectivity index (χ3v) is 1.48. The normalized spacial score (nSPS) is 19.1. The van der Waals surface area contributed by atoms with Crippen molar-refractivity contribution in [3.8, 4) is 0 Å². The first-order valence-electron chi connectivity index (χ1n) is 4.17. The Morgan fingerprint density at radius 1 is 1.23 bits per heavy atom. The molecule has 13 heavy (non-hydrogen) atoms. The Bertz CT molecular complexity index is 281. The minimum atomic E-state index is -0.725. The van der Waals surface area contributed by atoms with Gasteiger partial charge in [0.05, 0.1) is 0 Å². The van der Waals surface area contributed by atoms with Gasteiger partial charge in [-0.15, -0.1) is 0 Å². The largest absolute Gasteiger partial charge is 0.449 e. The van der Waals surface area contributed by atoms with Gasteiger partial charge in [-0.1, -0.05) is 5.57 Å². The third-order valence-electron chi connectivity index (χ3n) is 1.48. The SMILES string of the molecule is CC(C)=CC1=C(C=O)OC(C)(C)O1. The molecular weight excluding hydrogens is 168 g/mol. The Morgan fingerprint density at radius 3 is 2.23 bits per heavy atom. The molecule has 3 nitrogen and oxygen atoms in total. The molecule has 72 valence electrons. The van der Waals surface area contributed by atoms with Crippen LogP contribution >= 0.6 is 0 Å². The summed E-state index contributed by atoms with van der Waals surface area (Å²) in [5.74, 6) is 0.0588. The highest BCUT2D eigenvalue weighted by Crippen LogP contribution is 2.30. The standard InChI is InChI=1S/C10H14O3/c1-7(2)5-8-9(6-11)13-10(3,4)12-8/h5-6H,1-4H3. The molecule has 0 aromatic heterocycles. The Balaban J connectivity index is 2.93. The number of hydrogen-bond donors (Lipinski definition) is 0. The molecule has 1 aliphatic rings. The molecule has 0 radical (unpaired) electrons. The summed E-state index contributed by atoms with van der Waals surface area (Å²) >= 11 is 0. The van der Waals surface area contributed by atoms with E-state index in [0.717, 1.165) is 5.57 Å². The van der Waals surface area contributed by atoms with Crippen molar-refractivity contribution in [1.29, 1.82) is 0 Å². The Kier molecular flexibility index (Phi) is 2.45. The van der Waals surface area contributed by atoms with Crippen LogP contribution in [-0.4, -0.2) is 12.1 Å². The van der Waals surface area contributed by atoms with Crippen molar-refractivity contribution in [3.63, 3.8) is 0 Å². The van der Waals surface area contributed by atoms with Gasteiger partial charge in [-0.3, -0.25) is 4.79 Å². The maximum absolute atomic E-state index is 10.6. The van der Waals surface area contributed by atoms with Crippen molar-refractivity contribution in [2.24, 2.45) is 0 Å². The smallest absolute Gasteiger partial charge is 0.246 e. The van der Waals surface area contributed by atoms with Crippen LogP contribution in [-0.2, 0) is 14.3 Å². The monoisotopic (exact) mass is 182 g/mol. The van der Waals surface area contributed by atoms with E-state index in [4.69, 9.17) is 9.47 Å². The fraction of sp³-hybridized carbons (Fsp3) is 0.500. The summed E-state index contributed by atoms with van der Waals surface area (Å²) in [7, 11) is 0. The Labute approximate surface area is 78.0 Å². The van der Waals surface area contributed by atoms with Gasteiger partial charge < -0.3 is 9.47 Å².